The van der Waals surface area contributed by atoms with Crippen LogP contribution in [0, 0.1) is 0 Å². The number of rotatable bonds is 7. The van der Waals surface area contributed by atoms with E-state index >= 15 is 0 Å². The second-order valence-electron chi connectivity index (χ2n) is 6.62. The summed E-state index contributed by atoms with van der Waals surface area (Å²) in [6.07, 6.45) is 5.51. The fraction of sp³-hybridized carbons (Fsp3) is 0.611. The Morgan fingerprint density at radius 2 is 2.04 bits per heavy atom. The van der Waals surface area contributed by atoms with Gasteiger partial charge in [-0.1, -0.05) is 0 Å². The molecule has 0 spiro atoms. The van der Waals surface area contributed by atoms with E-state index in [0.29, 0.717) is 0 Å². The summed E-state index contributed by atoms with van der Waals surface area (Å²) in [7, 11) is 1.69. The third-order valence-electron chi connectivity index (χ3n) is 4.83. The average Bonchev–Trinajstić information content (AvgIpc) is 3.03. The molecule has 5 N–H and O–H groups in total. The third-order valence-corrected chi connectivity index (χ3v) is 4.83. The third kappa shape index (κ3) is 4.54. The molecule has 0 atom stereocenters. The van der Waals surface area contributed by atoms with Gasteiger partial charge in [0.1, 0.15) is 0 Å². The fourth-order valence-electron chi connectivity index (χ4n) is 3.53. The number of nitrogens with two attached hydrogens (primary N) is 2. The van der Waals surface area contributed by atoms with E-state index < -0.39 is 0 Å². The highest BCUT2D eigenvalue weighted by molar-refractivity contribution is 5.76. The second kappa shape index (κ2) is 8.58. The van der Waals surface area contributed by atoms with Gasteiger partial charge in [0.2, 0.25) is 11.5 Å². The van der Waals surface area contributed by atoms with E-state index in [2.05, 4.69) is 22.0 Å². The minimum atomic E-state index is 0.826. The van der Waals surface area contributed by atoms with Crippen molar-refractivity contribution in [2.75, 3.05) is 40.0 Å². The van der Waals surface area contributed by atoms with Crippen molar-refractivity contribution < 1.29 is 20.0 Å². The standard InChI is InChI=1S/C18H28N4O2/c1-23-21-17-13-15-5-2-4-14(15)12-16(17)20-18(19)6-3-7-22-8-10-24-11-9-22/h12-13,21H,2-11H2,1H3,(H2,19,20)/p+2. The van der Waals surface area contributed by atoms with Crippen LogP contribution in [0.15, 0.2) is 12.1 Å². The van der Waals surface area contributed by atoms with Crippen molar-refractivity contribution in [1.82, 2.24) is 4.90 Å². The molecule has 1 aromatic carbocycles. The molecule has 0 aromatic heterocycles. The smallest absolute Gasteiger partial charge is 0.245 e. The molecule has 0 radical (unpaired) electrons. The Morgan fingerprint density at radius 3 is 2.79 bits per heavy atom. The van der Waals surface area contributed by atoms with Crippen molar-refractivity contribution in [2.24, 2.45) is 5.73 Å². The number of hydrogen-bond acceptors (Lipinski definition) is 3. The van der Waals surface area contributed by atoms with E-state index in [1.807, 2.05) is 0 Å². The van der Waals surface area contributed by atoms with Crippen LogP contribution < -0.4 is 16.2 Å². The van der Waals surface area contributed by atoms with Crippen LogP contribution in [-0.2, 0) is 22.4 Å². The number of nitrogens with zero attached hydrogens (tertiary/aromatic N) is 1. The van der Waals surface area contributed by atoms with Crippen molar-refractivity contribution in [3.8, 4) is 0 Å². The number of benzene rings is 1. The van der Waals surface area contributed by atoms with Crippen LogP contribution in [-0.4, -0.2) is 50.7 Å². The number of ether oxygens (including phenoxy) is 1. The van der Waals surface area contributed by atoms with Crippen LogP contribution >= 0.6 is 0 Å². The highest BCUT2D eigenvalue weighted by Gasteiger charge is 2.19. The van der Waals surface area contributed by atoms with Crippen LogP contribution in [0.1, 0.15) is 30.4 Å². The van der Waals surface area contributed by atoms with Gasteiger partial charge in [0.25, 0.3) is 0 Å². The molecule has 1 fully saturated rings. The minimum Gasteiger partial charge on any atom is -0.379 e. The Labute approximate surface area is 144 Å². The average molecular weight is 334 g/mol. The number of aryl methyl sites for hydroxylation is 2. The van der Waals surface area contributed by atoms with Crippen LogP contribution in [0.3, 0.4) is 0 Å². The molecule has 3 rings (SSSR count). The number of hydrogen-bond donors (Lipinski definition) is 3. The maximum atomic E-state index is 6.24. The zero-order valence-electron chi connectivity index (χ0n) is 14.6. The van der Waals surface area contributed by atoms with Crippen molar-refractivity contribution in [3.05, 3.63) is 23.3 Å². The molecule has 0 unspecified atom stereocenters. The van der Waals surface area contributed by atoms with Gasteiger partial charge < -0.3 is 4.74 Å². The van der Waals surface area contributed by atoms with Crippen LogP contribution in [0.25, 0.3) is 0 Å². The van der Waals surface area contributed by atoms with Crippen molar-refractivity contribution in [1.29, 1.82) is 0 Å². The highest BCUT2D eigenvalue weighted by atomic mass is 16.6. The van der Waals surface area contributed by atoms with Gasteiger partial charge in [-0.25, -0.2) is 9.83 Å². The summed E-state index contributed by atoms with van der Waals surface area (Å²) >= 11 is 0. The summed E-state index contributed by atoms with van der Waals surface area (Å²) in [5.41, 5.74) is 13.0. The first-order valence-corrected chi connectivity index (χ1v) is 8.96. The lowest BCUT2D eigenvalue weighted by Gasteiger charge is -2.26. The van der Waals surface area contributed by atoms with Crippen molar-refractivity contribution in [3.63, 3.8) is 0 Å². The molecule has 2 aliphatic rings. The number of fused-ring (bicyclic) bond motifs is 1. The predicted molar refractivity (Wildman–Crippen MR) is 93.4 cm³/mol. The van der Waals surface area contributed by atoms with Gasteiger partial charge in [0, 0.05) is 25.6 Å². The molecule has 0 bridgehead atoms. The lowest BCUT2D eigenvalue weighted by Crippen LogP contribution is -2.80. The quantitative estimate of drug-likeness (QED) is 0.262. The van der Waals surface area contributed by atoms with Gasteiger partial charge in [0.15, 0.2) is 5.69 Å². The van der Waals surface area contributed by atoms with Gasteiger partial charge in [-0.15, -0.1) is 0 Å². The summed E-state index contributed by atoms with van der Waals surface area (Å²) in [5.74, 6) is 0.826. The van der Waals surface area contributed by atoms with Crippen molar-refractivity contribution >= 4 is 17.2 Å². The number of nitrogens with one attached hydrogen (secondary N) is 1. The Balaban J connectivity index is 1.61. The van der Waals surface area contributed by atoms with Gasteiger partial charge in [-0.2, -0.15) is 5.48 Å². The summed E-state index contributed by atoms with van der Waals surface area (Å²) in [5, 5.41) is 0. The maximum Gasteiger partial charge on any atom is 0.245 e. The predicted octanol–water partition coefficient (Wildman–Crippen LogP) is -0.887. The zero-order valence-corrected chi connectivity index (χ0v) is 14.6. The molecule has 1 aliphatic heterocycles. The minimum absolute atomic E-state index is 0.826. The Morgan fingerprint density at radius 1 is 1.29 bits per heavy atom. The first-order valence-electron chi connectivity index (χ1n) is 8.96. The molecule has 1 heterocycles. The summed E-state index contributed by atoms with van der Waals surface area (Å²) in [6.45, 7) is 4.84. The molecular weight excluding hydrogens is 304 g/mol. The highest BCUT2D eigenvalue weighted by Crippen LogP contribution is 2.27. The lowest BCUT2D eigenvalue weighted by atomic mass is 10.1. The molecule has 6 nitrogen and oxygen atoms in total. The summed E-state index contributed by atoms with van der Waals surface area (Å²) < 4.78 is 5.38. The second-order valence-corrected chi connectivity index (χ2v) is 6.62. The molecular formula is C18H30N4O2+2. The van der Waals surface area contributed by atoms with Crippen molar-refractivity contribution in [2.45, 2.75) is 32.1 Å². The van der Waals surface area contributed by atoms with E-state index in [1.54, 1.807) is 12.6 Å². The fourth-order valence-corrected chi connectivity index (χ4v) is 3.53. The van der Waals surface area contributed by atoms with Gasteiger partial charge in [-0.3, -0.25) is 10.6 Å². The summed E-state index contributed by atoms with van der Waals surface area (Å²) in [4.78, 5) is 11.1. The Hall–Kier alpha value is -1.47. The molecule has 6 heteroatoms. The Bertz CT molecular complexity index is 583. The van der Waals surface area contributed by atoms with E-state index in [0.717, 1.165) is 69.3 Å². The Kier molecular flexibility index (Phi) is 6.20. The van der Waals surface area contributed by atoms with Gasteiger partial charge >= 0.3 is 0 Å². The molecule has 0 saturated carbocycles. The number of morpholine rings is 1. The first kappa shape index (κ1) is 17.4. The molecule has 0 amide bonds. The molecule has 1 aliphatic carbocycles. The largest absolute Gasteiger partial charge is 0.379 e. The molecule has 24 heavy (non-hydrogen) atoms. The molecule has 132 valence electrons. The van der Waals surface area contributed by atoms with E-state index in [-0.39, 0.29) is 0 Å². The topological polar surface area (TPSA) is 78.3 Å². The van der Waals surface area contributed by atoms with Crippen LogP contribution in [0.4, 0.5) is 11.4 Å². The van der Waals surface area contributed by atoms with E-state index in [1.165, 1.54) is 24.0 Å². The van der Waals surface area contributed by atoms with E-state index in [4.69, 9.17) is 15.3 Å². The monoisotopic (exact) mass is 334 g/mol. The SMILES string of the molecule is CO[NH2+]c1cc2c(cc1[NH+]=C(N)CCCN1CCOCC1)CCC2. The zero-order chi connectivity index (χ0) is 16.8. The van der Waals surface area contributed by atoms with Crippen LogP contribution in [0.2, 0.25) is 0 Å². The molecule has 1 saturated heterocycles. The molecule has 1 aromatic rings. The first-order chi connectivity index (χ1) is 11.8. The van der Waals surface area contributed by atoms with Crippen LogP contribution in [0.5, 0.6) is 0 Å². The maximum absolute atomic E-state index is 6.24. The van der Waals surface area contributed by atoms with E-state index in [9.17, 15) is 0 Å². The lowest BCUT2D eigenvalue weighted by molar-refractivity contribution is -0.831. The number of quaternary nitrogens is 1. The van der Waals surface area contributed by atoms with Gasteiger partial charge in [0.05, 0.1) is 20.3 Å². The van der Waals surface area contributed by atoms with Gasteiger partial charge in [-0.05, 0) is 49.4 Å². The number of amidine groups is 1. The summed E-state index contributed by atoms with van der Waals surface area (Å²) in [6, 6.07) is 4.47. The normalized spacial score (nSPS) is 18.8.